The fraction of sp³-hybridized carbons (Fsp3) is 0.310. The third-order valence-electron chi connectivity index (χ3n) is 6.28. The molecular formula is C29H31ClF3N3O4S. The van der Waals surface area contributed by atoms with Crippen molar-refractivity contribution >= 4 is 39.1 Å². The number of amides is 2. The van der Waals surface area contributed by atoms with Crippen molar-refractivity contribution in [3.05, 3.63) is 100 Å². The molecule has 41 heavy (non-hydrogen) atoms. The molecule has 0 aliphatic carbocycles. The maximum absolute atomic E-state index is 14.0. The molecule has 0 aromatic heterocycles. The second-order valence-electron chi connectivity index (χ2n) is 9.54. The maximum atomic E-state index is 14.0. The van der Waals surface area contributed by atoms with Crippen LogP contribution in [0, 0.1) is 6.92 Å². The molecule has 0 saturated carbocycles. The molecule has 0 bridgehead atoms. The zero-order valence-corrected chi connectivity index (χ0v) is 24.4. The minimum absolute atomic E-state index is 0.0525. The van der Waals surface area contributed by atoms with Gasteiger partial charge >= 0.3 is 6.18 Å². The van der Waals surface area contributed by atoms with E-state index in [9.17, 15) is 31.2 Å². The van der Waals surface area contributed by atoms with E-state index in [0.717, 1.165) is 29.5 Å². The van der Waals surface area contributed by atoms with Gasteiger partial charge in [-0.3, -0.25) is 13.9 Å². The summed E-state index contributed by atoms with van der Waals surface area (Å²) in [5, 5.41) is 2.45. The molecule has 1 N–H and O–H groups in total. The number of nitrogens with zero attached hydrogens (tertiary/aromatic N) is 2. The quantitative estimate of drug-likeness (QED) is 0.323. The summed E-state index contributed by atoms with van der Waals surface area (Å²) in [6, 6.07) is 17.4. The van der Waals surface area contributed by atoms with E-state index in [1.54, 1.807) is 43.3 Å². The number of carbonyl (C=O) groups excluding carboxylic acids is 2. The smallest absolute Gasteiger partial charge is 0.355 e. The van der Waals surface area contributed by atoms with Crippen molar-refractivity contribution in [2.75, 3.05) is 23.7 Å². The summed E-state index contributed by atoms with van der Waals surface area (Å²) in [7, 11) is -4.29. The summed E-state index contributed by atoms with van der Waals surface area (Å²) in [4.78, 5) is 28.6. The summed E-state index contributed by atoms with van der Waals surface area (Å²) in [6.45, 7) is 2.94. The predicted molar refractivity (Wildman–Crippen MR) is 153 cm³/mol. The lowest BCUT2D eigenvalue weighted by atomic mass is 10.0. The van der Waals surface area contributed by atoms with Crippen LogP contribution in [0.5, 0.6) is 0 Å². The highest BCUT2D eigenvalue weighted by molar-refractivity contribution is 7.92. The first kappa shape index (κ1) is 32.0. The number of nitrogens with one attached hydrogen (secondary N) is 1. The number of carbonyl (C=O) groups is 2. The summed E-state index contributed by atoms with van der Waals surface area (Å²) in [6.07, 6.45) is -3.89. The van der Waals surface area contributed by atoms with E-state index in [1.807, 2.05) is 25.1 Å². The Balaban J connectivity index is 2.10. The second-order valence-corrected chi connectivity index (χ2v) is 11.9. The van der Waals surface area contributed by atoms with Crippen molar-refractivity contribution in [1.82, 2.24) is 10.2 Å². The van der Waals surface area contributed by atoms with Gasteiger partial charge in [0.05, 0.1) is 22.5 Å². The number of halogens is 4. The average molecular weight is 610 g/mol. The molecule has 220 valence electrons. The van der Waals surface area contributed by atoms with Crippen molar-refractivity contribution in [3.8, 4) is 0 Å². The van der Waals surface area contributed by atoms with E-state index in [-0.39, 0.29) is 24.5 Å². The molecule has 12 heteroatoms. The van der Waals surface area contributed by atoms with E-state index in [0.29, 0.717) is 15.9 Å². The first-order valence-corrected chi connectivity index (χ1v) is 14.9. The monoisotopic (exact) mass is 609 g/mol. The molecule has 7 nitrogen and oxygen atoms in total. The molecule has 0 unspecified atom stereocenters. The fourth-order valence-electron chi connectivity index (χ4n) is 4.33. The molecule has 0 heterocycles. The fourth-order valence-corrected chi connectivity index (χ4v) is 5.45. The van der Waals surface area contributed by atoms with Crippen molar-refractivity contribution in [2.45, 2.75) is 39.0 Å². The van der Waals surface area contributed by atoms with Crippen molar-refractivity contribution < 1.29 is 31.2 Å². The molecular weight excluding hydrogens is 579 g/mol. The lowest BCUT2D eigenvalue weighted by Gasteiger charge is -2.33. The molecule has 1 atom stereocenters. The van der Waals surface area contributed by atoms with Gasteiger partial charge in [-0.25, -0.2) is 8.42 Å². The zero-order chi connectivity index (χ0) is 30.4. The van der Waals surface area contributed by atoms with Gasteiger partial charge in [0.15, 0.2) is 0 Å². The highest BCUT2D eigenvalue weighted by atomic mass is 35.5. The first-order valence-electron chi connectivity index (χ1n) is 12.7. The highest BCUT2D eigenvalue weighted by Gasteiger charge is 2.35. The van der Waals surface area contributed by atoms with Crippen LogP contribution in [-0.4, -0.2) is 50.5 Å². The molecule has 0 aliphatic heterocycles. The van der Waals surface area contributed by atoms with Gasteiger partial charge in [0.2, 0.25) is 21.8 Å². The number of anilines is 1. The molecule has 0 spiro atoms. The number of alkyl halides is 3. The third-order valence-corrected chi connectivity index (χ3v) is 7.72. The largest absolute Gasteiger partial charge is 0.416 e. The maximum Gasteiger partial charge on any atom is 0.416 e. The molecule has 3 aromatic rings. The number of aryl methyl sites for hydroxylation is 1. The van der Waals surface area contributed by atoms with Crippen LogP contribution in [0.4, 0.5) is 18.9 Å². The summed E-state index contributed by atoms with van der Waals surface area (Å²) in [5.41, 5.74) is 0.723. The number of sulfonamides is 1. The Morgan fingerprint density at radius 2 is 1.63 bits per heavy atom. The highest BCUT2D eigenvalue weighted by Crippen LogP contribution is 2.36. The molecule has 3 rings (SSSR count). The topological polar surface area (TPSA) is 86.8 Å². The Hall–Kier alpha value is -3.57. The predicted octanol–water partition coefficient (Wildman–Crippen LogP) is 5.21. The van der Waals surface area contributed by atoms with E-state index < -0.39 is 51.9 Å². The zero-order valence-electron chi connectivity index (χ0n) is 22.8. The van der Waals surface area contributed by atoms with Gasteiger partial charge in [0, 0.05) is 19.5 Å². The Morgan fingerprint density at radius 3 is 2.22 bits per heavy atom. The minimum Gasteiger partial charge on any atom is -0.355 e. The van der Waals surface area contributed by atoms with E-state index in [1.165, 1.54) is 4.90 Å². The molecule has 0 radical (unpaired) electrons. The van der Waals surface area contributed by atoms with Crippen LogP contribution in [-0.2, 0) is 38.8 Å². The molecule has 0 aliphatic rings. The van der Waals surface area contributed by atoms with Crippen LogP contribution in [0.15, 0.2) is 72.8 Å². The lowest BCUT2D eigenvalue weighted by molar-refractivity contribution is -0.140. The first-order chi connectivity index (χ1) is 19.2. The molecule has 0 saturated heterocycles. The Labute approximate surface area is 243 Å². The van der Waals surface area contributed by atoms with E-state index in [4.69, 9.17) is 11.6 Å². The van der Waals surface area contributed by atoms with Crippen LogP contribution >= 0.6 is 11.6 Å². The van der Waals surface area contributed by atoms with Crippen LogP contribution in [0.25, 0.3) is 0 Å². The summed E-state index contributed by atoms with van der Waals surface area (Å²) >= 11 is 6.16. The van der Waals surface area contributed by atoms with Crippen LogP contribution in [0.2, 0.25) is 5.02 Å². The van der Waals surface area contributed by atoms with Gasteiger partial charge in [-0.05, 0) is 43.2 Å². The lowest BCUT2D eigenvalue weighted by Crippen LogP contribution is -2.53. The normalized spacial score (nSPS) is 12.5. The minimum atomic E-state index is -4.78. The number of benzene rings is 3. The van der Waals surface area contributed by atoms with Gasteiger partial charge in [-0.1, -0.05) is 71.8 Å². The van der Waals surface area contributed by atoms with E-state index >= 15 is 0 Å². The number of likely N-dealkylation sites (N-methyl/N-ethyl adjacent to an activating group) is 1. The summed E-state index contributed by atoms with van der Waals surface area (Å²) in [5.74, 6) is -1.25. The van der Waals surface area contributed by atoms with Gasteiger partial charge in [0.1, 0.15) is 12.6 Å². The second kappa shape index (κ2) is 13.4. The number of rotatable bonds is 11. The van der Waals surface area contributed by atoms with Gasteiger partial charge in [0.25, 0.3) is 0 Å². The SMILES string of the molecule is CCNC(=O)[C@@H](Cc1ccccc1)N(Cc1cccc(C)c1)C(=O)CN(c1cc(C(F)(F)F)ccc1Cl)S(C)(=O)=O. The van der Waals surface area contributed by atoms with Gasteiger partial charge < -0.3 is 10.2 Å². The molecule has 3 aromatic carbocycles. The standard InChI is InChI=1S/C29H31ClF3N3O4S/c1-4-34-28(38)26(16-21-10-6-5-7-11-21)35(18-22-12-8-9-20(2)15-22)27(37)19-36(41(3,39)40)25-17-23(29(31,32)33)13-14-24(25)30/h5-15,17,26H,4,16,18-19H2,1-3H3,(H,34,38)/t26-/m1/s1. The van der Waals surface area contributed by atoms with Crippen LogP contribution in [0.1, 0.15) is 29.2 Å². The summed E-state index contributed by atoms with van der Waals surface area (Å²) < 4.78 is 66.6. The van der Waals surface area contributed by atoms with Crippen molar-refractivity contribution in [2.24, 2.45) is 0 Å². The Kier molecular flexibility index (Phi) is 10.4. The third kappa shape index (κ3) is 8.71. The molecule has 0 fully saturated rings. The average Bonchev–Trinajstić information content (AvgIpc) is 2.89. The van der Waals surface area contributed by atoms with Gasteiger partial charge in [-0.2, -0.15) is 13.2 Å². The van der Waals surface area contributed by atoms with Crippen LogP contribution in [0.3, 0.4) is 0 Å². The number of hydrogen-bond donors (Lipinski definition) is 1. The van der Waals surface area contributed by atoms with Crippen molar-refractivity contribution in [1.29, 1.82) is 0 Å². The molecule has 2 amide bonds. The Morgan fingerprint density at radius 1 is 0.976 bits per heavy atom. The van der Waals surface area contributed by atoms with Crippen LogP contribution < -0.4 is 9.62 Å². The van der Waals surface area contributed by atoms with Crippen molar-refractivity contribution in [3.63, 3.8) is 0 Å². The van der Waals surface area contributed by atoms with E-state index in [2.05, 4.69) is 5.32 Å². The van der Waals surface area contributed by atoms with Gasteiger partial charge in [-0.15, -0.1) is 0 Å². The number of hydrogen-bond acceptors (Lipinski definition) is 4. The Bertz CT molecular complexity index is 1480.